The number of alkyl halides is 1. The number of aryl methyl sites for hydroxylation is 1. The molecule has 1 amide bonds. The van der Waals surface area contributed by atoms with E-state index in [-0.39, 0.29) is 24.0 Å². The van der Waals surface area contributed by atoms with Gasteiger partial charge in [-0.25, -0.2) is 4.79 Å². The van der Waals surface area contributed by atoms with E-state index in [1.165, 1.54) is 28.0 Å². The number of halogens is 1. The third kappa shape index (κ3) is 3.65. The molecule has 0 bridgehead atoms. The van der Waals surface area contributed by atoms with Crippen LogP contribution in [0, 0.1) is 0 Å². The van der Waals surface area contributed by atoms with E-state index in [2.05, 4.69) is 5.10 Å². The first-order valence-corrected chi connectivity index (χ1v) is 8.01. The topological polar surface area (TPSA) is 73.7 Å². The SMILES string of the molecule is COC(=O)c1nn(C)cc1N(Cc1sccc1OC)C(=O)CCl. The number of aromatic nitrogens is 2. The van der Waals surface area contributed by atoms with Crippen LogP contribution < -0.4 is 9.64 Å². The van der Waals surface area contributed by atoms with Gasteiger partial charge in [0, 0.05) is 13.2 Å². The summed E-state index contributed by atoms with van der Waals surface area (Å²) in [6.07, 6.45) is 1.58. The fourth-order valence-electron chi connectivity index (χ4n) is 2.07. The molecule has 0 atom stereocenters. The van der Waals surface area contributed by atoms with Crippen molar-refractivity contribution in [2.75, 3.05) is 25.0 Å². The van der Waals surface area contributed by atoms with Gasteiger partial charge < -0.3 is 14.4 Å². The third-order valence-electron chi connectivity index (χ3n) is 3.12. The van der Waals surface area contributed by atoms with Crippen LogP contribution in [0.3, 0.4) is 0 Å². The number of thiophene rings is 1. The fraction of sp³-hybridized carbons (Fsp3) is 0.357. The number of carbonyl (C=O) groups excluding carboxylic acids is 2. The molecule has 2 aromatic heterocycles. The normalized spacial score (nSPS) is 10.4. The molecule has 9 heteroatoms. The lowest BCUT2D eigenvalue weighted by molar-refractivity contribution is -0.116. The van der Waals surface area contributed by atoms with Crippen molar-refractivity contribution in [1.29, 1.82) is 0 Å². The maximum Gasteiger partial charge on any atom is 0.360 e. The highest BCUT2D eigenvalue weighted by molar-refractivity contribution is 7.10. The number of ether oxygens (including phenoxy) is 2. The van der Waals surface area contributed by atoms with Crippen LogP contribution in [0.5, 0.6) is 5.75 Å². The van der Waals surface area contributed by atoms with E-state index in [0.29, 0.717) is 11.4 Å². The van der Waals surface area contributed by atoms with E-state index in [4.69, 9.17) is 21.1 Å². The summed E-state index contributed by atoms with van der Waals surface area (Å²) >= 11 is 7.17. The molecule has 0 spiro atoms. The average molecular weight is 358 g/mol. The number of hydrogen-bond acceptors (Lipinski definition) is 6. The molecule has 0 aliphatic carbocycles. The summed E-state index contributed by atoms with van der Waals surface area (Å²) in [4.78, 5) is 26.4. The Morgan fingerprint density at radius 2 is 2.17 bits per heavy atom. The van der Waals surface area contributed by atoms with Gasteiger partial charge in [-0.05, 0) is 11.4 Å². The quantitative estimate of drug-likeness (QED) is 0.584. The summed E-state index contributed by atoms with van der Waals surface area (Å²) in [5.41, 5.74) is 0.407. The fourth-order valence-corrected chi connectivity index (χ4v) is 3.04. The molecule has 0 fully saturated rings. The van der Waals surface area contributed by atoms with Crippen LogP contribution in [0.15, 0.2) is 17.6 Å². The van der Waals surface area contributed by atoms with Crippen molar-refractivity contribution < 1.29 is 19.1 Å². The van der Waals surface area contributed by atoms with Gasteiger partial charge in [0.05, 0.1) is 31.3 Å². The standard InChI is InChI=1S/C14H16ClN3O4S/c1-17-7-9(13(16-17)14(20)22-3)18(12(19)6-15)8-11-10(21-2)4-5-23-11/h4-5,7H,6,8H2,1-3H3. The Kier molecular flexibility index (Phi) is 5.62. The highest BCUT2D eigenvalue weighted by atomic mass is 35.5. The Hall–Kier alpha value is -2.06. The first-order chi connectivity index (χ1) is 11.0. The minimum Gasteiger partial charge on any atom is -0.496 e. The van der Waals surface area contributed by atoms with Crippen molar-refractivity contribution >= 4 is 40.5 Å². The lowest BCUT2D eigenvalue weighted by atomic mass is 10.3. The number of rotatable bonds is 6. The van der Waals surface area contributed by atoms with Gasteiger partial charge in [-0.1, -0.05) is 0 Å². The molecule has 0 N–H and O–H groups in total. The number of nitrogens with zero attached hydrogens (tertiary/aromatic N) is 3. The number of methoxy groups -OCH3 is 2. The van der Waals surface area contributed by atoms with Gasteiger partial charge in [0.15, 0.2) is 5.69 Å². The molecular formula is C14H16ClN3O4S. The lowest BCUT2D eigenvalue weighted by Crippen LogP contribution is -2.32. The summed E-state index contributed by atoms with van der Waals surface area (Å²) in [7, 11) is 4.48. The van der Waals surface area contributed by atoms with Crippen molar-refractivity contribution in [3.05, 3.63) is 28.2 Å². The third-order valence-corrected chi connectivity index (χ3v) is 4.24. The van der Waals surface area contributed by atoms with Crippen LogP contribution in [0.2, 0.25) is 0 Å². The molecule has 7 nitrogen and oxygen atoms in total. The van der Waals surface area contributed by atoms with Gasteiger partial charge in [-0.15, -0.1) is 22.9 Å². The van der Waals surface area contributed by atoms with Crippen LogP contribution in [-0.2, 0) is 23.1 Å². The zero-order chi connectivity index (χ0) is 17.0. The van der Waals surface area contributed by atoms with Crippen LogP contribution in [-0.4, -0.2) is 41.8 Å². The Labute approximate surface area is 142 Å². The Bertz CT molecular complexity index is 713. The highest BCUT2D eigenvalue weighted by Crippen LogP contribution is 2.29. The van der Waals surface area contributed by atoms with Crippen molar-refractivity contribution in [3.8, 4) is 5.75 Å². The Morgan fingerprint density at radius 3 is 2.78 bits per heavy atom. The second kappa shape index (κ2) is 7.47. The van der Waals surface area contributed by atoms with E-state index < -0.39 is 5.97 Å². The van der Waals surface area contributed by atoms with Gasteiger partial charge in [0.2, 0.25) is 5.91 Å². The van der Waals surface area contributed by atoms with Gasteiger partial charge >= 0.3 is 5.97 Å². The Balaban J connectivity index is 2.44. The number of amides is 1. The maximum absolute atomic E-state index is 12.3. The first-order valence-electron chi connectivity index (χ1n) is 6.60. The number of carbonyl (C=O) groups is 2. The maximum atomic E-state index is 12.3. The number of anilines is 1. The van der Waals surface area contributed by atoms with Gasteiger partial charge in [-0.2, -0.15) is 5.10 Å². The second-order valence-electron chi connectivity index (χ2n) is 4.55. The predicted molar refractivity (Wildman–Crippen MR) is 87.3 cm³/mol. The average Bonchev–Trinajstić information content (AvgIpc) is 3.16. The van der Waals surface area contributed by atoms with E-state index in [9.17, 15) is 9.59 Å². The molecule has 0 saturated carbocycles. The first kappa shape index (κ1) is 17.3. The van der Waals surface area contributed by atoms with Crippen LogP contribution in [0.1, 0.15) is 15.4 Å². The molecule has 0 aromatic carbocycles. The molecule has 0 unspecified atom stereocenters. The van der Waals surface area contributed by atoms with Crippen molar-refractivity contribution in [2.24, 2.45) is 7.05 Å². The number of hydrogen-bond donors (Lipinski definition) is 0. The summed E-state index contributed by atoms with van der Waals surface area (Å²) in [6.45, 7) is 0.224. The summed E-state index contributed by atoms with van der Waals surface area (Å²) in [5, 5.41) is 5.93. The minimum atomic E-state index is -0.619. The van der Waals surface area contributed by atoms with Crippen molar-refractivity contribution in [1.82, 2.24) is 9.78 Å². The van der Waals surface area contributed by atoms with E-state index in [1.54, 1.807) is 20.4 Å². The zero-order valence-corrected chi connectivity index (χ0v) is 14.5. The lowest BCUT2D eigenvalue weighted by Gasteiger charge is -2.21. The second-order valence-corrected chi connectivity index (χ2v) is 5.82. The predicted octanol–water partition coefficient (Wildman–Crippen LogP) is 2.05. The molecule has 0 aliphatic rings. The molecule has 0 aliphatic heterocycles. The summed E-state index contributed by atoms with van der Waals surface area (Å²) in [6, 6.07) is 1.81. The molecule has 2 rings (SSSR count). The molecule has 0 radical (unpaired) electrons. The van der Waals surface area contributed by atoms with Gasteiger partial charge in [0.25, 0.3) is 0 Å². The van der Waals surface area contributed by atoms with Crippen molar-refractivity contribution in [2.45, 2.75) is 6.54 Å². The molecule has 124 valence electrons. The van der Waals surface area contributed by atoms with Crippen LogP contribution in [0.4, 0.5) is 5.69 Å². The smallest absolute Gasteiger partial charge is 0.360 e. The molecule has 2 heterocycles. The minimum absolute atomic E-state index is 0.0592. The van der Waals surface area contributed by atoms with E-state index >= 15 is 0 Å². The molecule has 23 heavy (non-hydrogen) atoms. The molecular weight excluding hydrogens is 342 g/mol. The molecule has 2 aromatic rings. The van der Waals surface area contributed by atoms with Gasteiger partial charge in [0.1, 0.15) is 11.6 Å². The van der Waals surface area contributed by atoms with E-state index in [0.717, 1.165) is 4.88 Å². The van der Waals surface area contributed by atoms with Gasteiger partial charge in [-0.3, -0.25) is 9.48 Å². The number of esters is 1. The van der Waals surface area contributed by atoms with Crippen LogP contribution >= 0.6 is 22.9 Å². The Morgan fingerprint density at radius 1 is 1.43 bits per heavy atom. The van der Waals surface area contributed by atoms with Crippen molar-refractivity contribution in [3.63, 3.8) is 0 Å². The van der Waals surface area contributed by atoms with E-state index in [1.807, 2.05) is 11.4 Å². The zero-order valence-electron chi connectivity index (χ0n) is 12.9. The monoisotopic (exact) mass is 357 g/mol. The summed E-state index contributed by atoms with van der Waals surface area (Å²) < 4.78 is 11.4. The highest BCUT2D eigenvalue weighted by Gasteiger charge is 2.26. The summed E-state index contributed by atoms with van der Waals surface area (Å²) in [5.74, 6) is -0.513. The van der Waals surface area contributed by atoms with Crippen LogP contribution in [0.25, 0.3) is 0 Å². The largest absolute Gasteiger partial charge is 0.496 e. The molecule has 0 saturated heterocycles.